The molecule has 27 heavy (non-hydrogen) atoms. The minimum Gasteiger partial charge on any atom is -0.369 e. The summed E-state index contributed by atoms with van der Waals surface area (Å²) >= 11 is 0. The Morgan fingerprint density at radius 2 is 1.67 bits per heavy atom. The number of hydrogen-bond acceptors (Lipinski definition) is 3. The summed E-state index contributed by atoms with van der Waals surface area (Å²) in [6.07, 6.45) is 4.22. The van der Waals surface area contributed by atoms with Crippen LogP contribution in [0.3, 0.4) is 0 Å². The van der Waals surface area contributed by atoms with Crippen LogP contribution in [0.1, 0.15) is 43.7 Å². The topological polar surface area (TPSA) is 72.3 Å². The van der Waals surface area contributed by atoms with Gasteiger partial charge in [0.25, 0.3) is 0 Å². The largest absolute Gasteiger partial charge is 0.369 e. The maximum Gasteiger partial charge on any atom is 0.232 e. The second-order valence-corrected chi connectivity index (χ2v) is 7.59. The summed E-state index contributed by atoms with van der Waals surface area (Å²) in [5.41, 5.74) is 13.7. The molecule has 1 heterocycles. The standard InChI is InChI=1S/C23H31N3O/c1-2-3-14-21(24)26-16-15-20(17-26)23(22(25)27,18-10-6-4-7-11-18)19-12-8-5-9-13-19/h4-13,20-21H,2-3,14-17,24H2,1H3,(H2,25,27). The second-order valence-electron chi connectivity index (χ2n) is 7.59. The van der Waals surface area contributed by atoms with E-state index in [1.807, 2.05) is 60.7 Å². The van der Waals surface area contributed by atoms with Gasteiger partial charge in [-0.15, -0.1) is 0 Å². The van der Waals surface area contributed by atoms with Gasteiger partial charge in [-0.05, 0) is 36.4 Å². The van der Waals surface area contributed by atoms with Gasteiger partial charge in [-0.1, -0.05) is 80.4 Å². The number of likely N-dealkylation sites (tertiary alicyclic amines) is 1. The van der Waals surface area contributed by atoms with Crippen LogP contribution in [0.4, 0.5) is 0 Å². The lowest BCUT2D eigenvalue weighted by Crippen LogP contribution is -2.50. The van der Waals surface area contributed by atoms with E-state index in [0.29, 0.717) is 0 Å². The highest BCUT2D eigenvalue weighted by Crippen LogP contribution is 2.43. The first-order chi connectivity index (χ1) is 13.1. The highest BCUT2D eigenvalue weighted by atomic mass is 16.1. The van der Waals surface area contributed by atoms with Crippen molar-refractivity contribution in [2.45, 2.75) is 44.2 Å². The van der Waals surface area contributed by atoms with Gasteiger partial charge in [-0.3, -0.25) is 9.69 Å². The van der Waals surface area contributed by atoms with Gasteiger partial charge >= 0.3 is 0 Å². The first-order valence-corrected chi connectivity index (χ1v) is 10.0. The molecule has 0 radical (unpaired) electrons. The fourth-order valence-electron chi connectivity index (χ4n) is 4.56. The highest BCUT2D eigenvalue weighted by molar-refractivity contribution is 5.91. The lowest BCUT2D eigenvalue weighted by atomic mass is 9.64. The Balaban J connectivity index is 2.00. The minimum absolute atomic E-state index is 0.0482. The number of nitrogens with two attached hydrogens (primary N) is 2. The maximum absolute atomic E-state index is 13.0. The van der Waals surface area contributed by atoms with Crippen LogP contribution in [-0.4, -0.2) is 30.1 Å². The van der Waals surface area contributed by atoms with Gasteiger partial charge in [0.2, 0.25) is 5.91 Å². The van der Waals surface area contributed by atoms with Crippen LogP contribution in [0.15, 0.2) is 60.7 Å². The molecule has 144 valence electrons. The monoisotopic (exact) mass is 365 g/mol. The number of amides is 1. The van der Waals surface area contributed by atoms with Crippen LogP contribution in [0.25, 0.3) is 0 Å². The summed E-state index contributed by atoms with van der Waals surface area (Å²) < 4.78 is 0. The van der Waals surface area contributed by atoms with Gasteiger partial charge < -0.3 is 11.5 Å². The van der Waals surface area contributed by atoms with E-state index in [0.717, 1.165) is 49.9 Å². The number of carbonyl (C=O) groups excluding carboxylic acids is 1. The van der Waals surface area contributed by atoms with Gasteiger partial charge in [0, 0.05) is 6.54 Å². The van der Waals surface area contributed by atoms with Crippen molar-refractivity contribution in [1.29, 1.82) is 0 Å². The van der Waals surface area contributed by atoms with Crippen molar-refractivity contribution >= 4 is 5.91 Å². The molecule has 1 aliphatic rings. The summed E-state index contributed by atoms with van der Waals surface area (Å²) in [7, 11) is 0. The lowest BCUT2D eigenvalue weighted by molar-refractivity contribution is -0.123. The van der Waals surface area contributed by atoms with E-state index in [2.05, 4.69) is 11.8 Å². The molecule has 4 nitrogen and oxygen atoms in total. The van der Waals surface area contributed by atoms with Crippen LogP contribution in [-0.2, 0) is 10.2 Å². The van der Waals surface area contributed by atoms with Crippen molar-refractivity contribution in [3.8, 4) is 0 Å². The number of benzene rings is 2. The van der Waals surface area contributed by atoms with Crippen molar-refractivity contribution in [3.05, 3.63) is 71.8 Å². The predicted octanol–water partition coefficient (Wildman–Crippen LogP) is 3.25. The maximum atomic E-state index is 13.0. The Labute approximate surface area is 162 Å². The predicted molar refractivity (Wildman–Crippen MR) is 110 cm³/mol. The van der Waals surface area contributed by atoms with Crippen molar-refractivity contribution < 1.29 is 4.79 Å². The summed E-state index contributed by atoms with van der Waals surface area (Å²) in [5.74, 6) is -0.179. The van der Waals surface area contributed by atoms with Crippen molar-refractivity contribution in [1.82, 2.24) is 4.90 Å². The molecule has 4 heteroatoms. The molecule has 2 unspecified atom stereocenters. The number of hydrogen-bond donors (Lipinski definition) is 2. The molecule has 0 saturated carbocycles. The van der Waals surface area contributed by atoms with E-state index in [4.69, 9.17) is 11.5 Å². The molecule has 1 fully saturated rings. The quantitative estimate of drug-likeness (QED) is 0.754. The molecule has 1 aliphatic heterocycles. The normalized spacial score (nSPS) is 19.1. The summed E-state index contributed by atoms with van der Waals surface area (Å²) in [6.45, 7) is 3.88. The SMILES string of the molecule is CCCCC(N)N1CCC(C(C(N)=O)(c2ccccc2)c2ccccc2)C1. The molecule has 2 atom stereocenters. The second kappa shape index (κ2) is 8.68. The number of primary amides is 1. The van der Waals surface area contributed by atoms with Crippen LogP contribution >= 0.6 is 0 Å². The molecule has 0 aliphatic carbocycles. The van der Waals surface area contributed by atoms with Gasteiger partial charge in [0.05, 0.1) is 6.17 Å². The molecule has 1 saturated heterocycles. The zero-order chi connectivity index (χ0) is 19.3. The highest BCUT2D eigenvalue weighted by Gasteiger charge is 2.49. The van der Waals surface area contributed by atoms with Crippen molar-refractivity contribution in [2.75, 3.05) is 13.1 Å². The smallest absolute Gasteiger partial charge is 0.232 e. The summed E-state index contributed by atoms with van der Waals surface area (Å²) in [4.78, 5) is 15.4. The Kier molecular flexibility index (Phi) is 6.30. The Morgan fingerprint density at radius 1 is 1.11 bits per heavy atom. The van der Waals surface area contributed by atoms with Gasteiger partial charge in [0.15, 0.2) is 0 Å². The van der Waals surface area contributed by atoms with Crippen LogP contribution in [0.5, 0.6) is 0 Å². The molecule has 0 spiro atoms. The molecule has 2 aromatic rings. The van der Waals surface area contributed by atoms with Crippen LogP contribution in [0, 0.1) is 5.92 Å². The fourth-order valence-corrected chi connectivity index (χ4v) is 4.56. The first kappa shape index (κ1) is 19.6. The summed E-state index contributed by atoms with van der Waals surface area (Å²) in [5, 5.41) is 0. The molecule has 1 amide bonds. The number of unbranched alkanes of at least 4 members (excludes halogenated alkanes) is 1. The number of carbonyl (C=O) groups is 1. The first-order valence-electron chi connectivity index (χ1n) is 10.0. The molecule has 0 aromatic heterocycles. The van der Waals surface area contributed by atoms with Crippen LogP contribution < -0.4 is 11.5 Å². The minimum atomic E-state index is -0.832. The van der Waals surface area contributed by atoms with Crippen LogP contribution in [0.2, 0.25) is 0 Å². The third kappa shape index (κ3) is 3.78. The Morgan fingerprint density at radius 3 is 2.15 bits per heavy atom. The van der Waals surface area contributed by atoms with E-state index in [9.17, 15) is 4.79 Å². The molecule has 2 aromatic carbocycles. The Bertz CT molecular complexity index is 692. The fraction of sp³-hybridized carbons (Fsp3) is 0.435. The van der Waals surface area contributed by atoms with Crippen molar-refractivity contribution in [3.63, 3.8) is 0 Å². The van der Waals surface area contributed by atoms with E-state index in [-0.39, 0.29) is 18.0 Å². The zero-order valence-electron chi connectivity index (χ0n) is 16.2. The molecule has 4 N–H and O–H groups in total. The Hall–Kier alpha value is -2.17. The zero-order valence-corrected chi connectivity index (χ0v) is 16.2. The van der Waals surface area contributed by atoms with Gasteiger partial charge in [0.1, 0.15) is 5.41 Å². The molecule has 3 rings (SSSR count). The lowest BCUT2D eigenvalue weighted by Gasteiger charge is -2.38. The van der Waals surface area contributed by atoms with Gasteiger partial charge in [-0.25, -0.2) is 0 Å². The van der Waals surface area contributed by atoms with E-state index in [1.165, 1.54) is 0 Å². The third-order valence-corrected chi connectivity index (χ3v) is 6.00. The molecule has 0 bridgehead atoms. The number of nitrogens with zero attached hydrogens (tertiary/aromatic N) is 1. The van der Waals surface area contributed by atoms with E-state index < -0.39 is 5.41 Å². The molecular formula is C23H31N3O. The van der Waals surface area contributed by atoms with Gasteiger partial charge in [-0.2, -0.15) is 0 Å². The van der Waals surface area contributed by atoms with Crippen molar-refractivity contribution in [2.24, 2.45) is 17.4 Å². The molecular weight excluding hydrogens is 334 g/mol. The average Bonchev–Trinajstić information content (AvgIpc) is 3.18. The number of rotatable bonds is 8. The van der Waals surface area contributed by atoms with E-state index >= 15 is 0 Å². The van der Waals surface area contributed by atoms with E-state index in [1.54, 1.807) is 0 Å². The average molecular weight is 366 g/mol. The summed E-state index contributed by atoms with van der Waals surface area (Å²) in [6, 6.07) is 20.0. The third-order valence-electron chi connectivity index (χ3n) is 6.00.